The SMILES string of the molecule is Cc1cc(Nc2ccc(Br)cc2Br)ccc1C#N. The molecule has 90 valence electrons. The summed E-state index contributed by atoms with van der Waals surface area (Å²) in [6, 6.07) is 13.8. The molecule has 0 amide bonds. The van der Waals surface area contributed by atoms with E-state index in [4.69, 9.17) is 5.26 Å². The van der Waals surface area contributed by atoms with Crippen LogP contribution in [0.5, 0.6) is 0 Å². The fourth-order valence-corrected chi connectivity index (χ4v) is 2.76. The molecule has 0 aliphatic carbocycles. The summed E-state index contributed by atoms with van der Waals surface area (Å²) >= 11 is 6.92. The lowest BCUT2D eigenvalue weighted by molar-refractivity contribution is 1.38. The van der Waals surface area contributed by atoms with E-state index in [1.807, 2.05) is 43.3 Å². The number of benzene rings is 2. The molecule has 2 aromatic rings. The molecule has 2 rings (SSSR count). The molecule has 0 heterocycles. The molecule has 0 radical (unpaired) electrons. The number of nitrogens with zero attached hydrogens (tertiary/aromatic N) is 1. The van der Waals surface area contributed by atoms with Crippen LogP contribution in [0.15, 0.2) is 45.3 Å². The number of nitrogens with one attached hydrogen (secondary N) is 1. The lowest BCUT2D eigenvalue weighted by Crippen LogP contribution is -1.93. The molecule has 2 aromatic carbocycles. The van der Waals surface area contributed by atoms with E-state index in [2.05, 4.69) is 43.2 Å². The molecule has 0 saturated carbocycles. The molecule has 0 aromatic heterocycles. The Hall–Kier alpha value is -1.31. The van der Waals surface area contributed by atoms with Gasteiger partial charge in [-0.15, -0.1) is 0 Å². The molecule has 4 heteroatoms. The number of hydrogen-bond donors (Lipinski definition) is 1. The lowest BCUT2D eigenvalue weighted by Gasteiger charge is -2.10. The third-order valence-corrected chi connectivity index (χ3v) is 3.71. The van der Waals surface area contributed by atoms with Crippen molar-refractivity contribution in [3.8, 4) is 6.07 Å². The first kappa shape index (κ1) is 13.1. The molecular formula is C14H10Br2N2. The van der Waals surface area contributed by atoms with Gasteiger partial charge in [-0.05, 0) is 64.8 Å². The van der Waals surface area contributed by atoms with Crippen LogP contribution in [-0.4, -0.2) is 0 Å². The zero-order valence-electron chi connectivity index (χ0n) is 9.67. The van der Waals surface area contributed by atoms with E-state index in [0.717, 1.165) is 25.9 Å². The molecule has 0 atom stereocenters. The van der Waals surface area contributed by atoms with E-state index < -0.39 is 0 Å². The third-order valence-electron chi connectivity index (χ3n) is 2.56. The minimum Gasteiger partial charge on any atom is -0.355 e. The second-order valence-electron chi connectivity index (χ2n) is 3.89. The smallest absolute Gasteiger partial charge is 0.0994 e. The van der Waals surface area contributed by atoms with E-state index in [-0.39, 0.29) is 0 Å². The normalized spacial score (nSPS) is 9.89. The first-order valence-corrected chi connectivity index (χ1v) is 6.91. The second-order valence-corrected chi connectivity index (χ2v) is 5.66. The molecule has 2 nitrogen and oxygen atoms in total. The van der Waals surface area contributed by atoms with Crippen LogP contribution < -0.4 is 5.32 Å². The molecule has 18 heavy (non-hydrogen) atoms. The van der Waals surface area contributed by atoms with Crippen molar-refractivity contribution in [1.29, 1.82) is 5.26 Å². The van der Waals surface area contributed by atoms with Crippen molar-refractivity contribution in [2.75, 3.05) is 5.32 Å². The quantitative estimate of drug-likeness (QED) is 0.800. The maximum Gasteiger partial charge on any atom is 0.0994 e. The van der Waals surface area contributed by atoms with Crippen molar-refractivity contribution in [3.63, 3.8) is 0 Å². The number of nitriles is 1. The summed E-state index contributed by atoms with van der Waals surface area (Å²) < 4.78 is 2.01. The lowest BCUT2D eigenvalue weighted by atomic mass is 10.1. The van der Waals surface area contributed by atoms with Crippen LogP contribution in [0.1, 0.15) is 11.1 Å². The van der Waals surface area contributed by atoms with Gasteiger partial charge in [-0.25, -0.2) is 0 Å². The minimum absolute atomic E-state index is 0.704. The maximum absolute atomic E-state index is 8.89. The Morgan fingerprint density at radius 1 is 1.11 bits per heavy atom. The van der Waals surface area contributed by atoms with E-state index >= 15 is 0 Å². The number of anilines is 2. The monoisotopic (exact) mass is 364 g/mol. The van der Waals surface area contributed by atoms with Crippen LogP contribution >= 0.6 is 31.9 Å². The number of halogens is 2. The average molecular weight is 366 g/mol. The van der Waals surface area contributed by atoms with Gasteiger partial charge in [0, 0.05) is 14.6 Å². The third kappa shape index (κ3) is 2.92. The Morgan fingerprint density at radius 2 is 1.89 bits per heavy atom. The van der Waals surface area contributed by atoms with Gasteiger partial charge in [-0.2, -0.15) is 5.26 Å². The Kier molecular flexibility index (Phi) is 4.05. The fourth-order valence-electron chi connectivity index (χ4n) is 1.61. The molecule has 0 unspecified atom stereocenters. The molecule has 1 N–H and O–H groups in total. The Balaban J connectivity index is 2.29. The molecule has 0 aliphatic heterocycles. The van der Waals surface area contributed by atoms with Crippen LogP contribution in [-0.2, 0) is 0 Å². The van der Waals surface area contributed by atoms with Gasteiger partial charge in [-0.1, -0.05) is 15.9 Å². The van der Waals surface area contributed by atoms with Gasteiger partial charge in [0.2, 0.25) is 0 Å². The summed E-state index contributed by atoms with van der Waals surface area (Å²) in [6.07, 6.45) is 0. The van der Waals surface area contributed by atoms with Crippen molar-refractivity contribution >= 4 is 43.2 Å². The zero-order valence-corrected chi connectivity index (χ0v) is 12.8. The van der Waals surface area contributed by atoms with Gasteiger partial charge in [0.05, 0.1) is 17.3 Å². The van der Waals surface area contributed by atoms with Crippen molar-refractivity contribution in [1.82, 2.24) is 0 Å². The highest BCUT2D eigenvalue weighted by molar-refractivity contribution is 9.11. The van der Waals surface area contributed by atoms with Crippen LogP contribution in [0.2, 0.25) is 0 Å². The molecule has 0 saturated heterocycles. The first-order chi connectivity index (χ1) is 8.60. The van der Waals surface area contributed by atoms with Crippen LogP contribution in [0, 0.1) is 18.3 Å². The summed E-state index contributed by atoms with van der Waals surface area (Å²) in [5.41, 5.74) is 3.63. The van der Waals surface area contributed by atoms with Crippen molar-refractivity contribution < 1.29 is 0 Å². The Morgan fingerprint density at radius 3 is 2.50 bits per heavy atom. The van der Waals surface area contributed by atoms with Crippen molar-refractivity contribution in [2.45, 2.75) is 6.92 Å². The Labute approximate surface area is 123 Å². The molecular weight excluding hydrogens is 356 g/mol. The van der Waals surface area contributed by atoms with Gasteiger partial charge < -0.3 is 5.32 Å². The van der Waals surface area contributed by atoms with E-state index in [1.54, 1.807) is 0 Å². The van der Waals surface area contributed by atoms with Gasteiger partial charge in [0.15, 0.2) is 0 Å². The summed E-state index contributed by atoms with van der Waals surface area (Å²) in [7, 11) is 0. The maximum atomic E-state index is 8.89. The topological polar surface area (TPSA) is 35.8 Å². The van der Waals surface area contributed by atoms with Gasteiger partial charge >= 0.3 is 0 Å². The van der Waals surface area contributed by atoms with Crippen molar-refractivity contribution in [2.24, 2.45) is 0 Å². The second kappa shape index (κ2) is 5.55. The molecule has 0 spiro atoms. The standard InChI is InChI=1S/C14H10Br2N2/c1-9-6-12(4-2-10(9)8-17)18-14-5-3-11(15)7-13(14)16/h2-7,18H,1H3. The number of hydrogen-bond acceptors (Lipinski definition) is 2. The van der Waals surface area contributed by atoms with Crippen LogP contribution in [0.3, 0.4) is 0 Å². The largest absolute Gasteiger partial charge is 0.355 e. The summed E-state index contributed by atoms with van der Waals surface area (Å²) in [5, 5.41) is 12.2. The molecule has 0 aliphatic rings. The first-order valence-electron chi connectivity index (χ1n) is 5.33. The fraction of sp³-hybridized carbons (Fsp3) is 0.0714. The summed E-state index contributed by atoms with van der Waals surface area (Å²) in [4.78, 5) is 0. The zero-order chi connectivity index (χ0) is 13.1. The van der Waals surface area contributed by atoms with E-state index in [9.17, 15) is 0 Å². The predicted molar refractivity (Wildman–Crippen MR) is 81.0 cm³/mol. The highest BCUT2D eigenvalue weighted by Crippen LogP contribution is 2.29. The van der Waals surface area contributed by atoms with Crippen molar-refractivity contribution in [3.05, 3.63) is 56.5 Å². The average Bonchev–Trinajstić information content (AvgIpc) is 2.33. The molecule has 0 bridgehead atoms. The van der Waals surface area contributed by atoms with Gasteiger partial charge in [-0.3, -0.25) is 0 Å². The van der Waals surface area contributed by atoms with Crippen LogP contribution in [0.4, 0.5) is 11.4 Å². The molecule has 0 fully saturated rings. The number of rotatable bonds is 2. The van der Waals surface area contributed by atoms with Gasteiger partial charge in [0.1, 0.15) is 0 Å². The highest BCUT2D eigenvalue weighted by Gasteiger charge is 2.03. The van der Waals surface area contributed by atoms with Gasteiger partial charge in [0.25, 0.3) is 0 Å². The Bertz CT molecular complexity index is 630. The van der Waals surface area contributed by atoms with E-state index in [0.29, 0.717) is 5.56 Å². The van der Waals surface area contributed by atoms with E-state index in [1.165, 1.54) is 0 Å². The predicted octanol–water partition coefficient (Wildman–Crippen LogP) is 5.14. The number of aryl methyl sites for hydroxylation is 1. The summed E-state index contributed by atoms with van der Waals surface area (Å²) in [5.74, 6) is 0. The van der Waals surface area contributed by atoms with Crippen LogP contribution in [0.25, 0.3) is 0 Å². The highest BCUT2D eigenvalue weighted by atomic mass is 79.9. The minimum atomic E-state index is 0.704. The summed E-state index contributed by atoms with van der Waals surface area (Å²) in [6.45, 7) is 1.93.